The quantitative estimate of drug-likeness (QED) is 0.0334. The summed E-state index contributed by atoms with van der Waals surface area (Å²) in [6.45, 7) is -16.9. The number of fused-ring (bicyclic) bond motifs is 6. The lowest BCUT2D eigenvalue weighted by Gasteiger charge is -2.34. The molecule has 4 aromatic carbocycles. The van der Waals surface area contributed by atoms with Gasteiger partial charge in [-0.25, -0.2) is 0 Å². The van der Waals surface area contributed by atoms with Crippen molar-refractivity contribution < 1.29 is 266 Å². The number of ether oxygens (including phenoxy) is 6. The summed E-state index contributed by atoms with van der Waals surface area (Å²) in [6, 6.07) is -2.63. The molecule has 0 aliphatic rings. The molecule has 4 aromatic rings. The van der Waals surface area contributed by atoms with Crippen molar-refractivity contribution in [1.82, 2.24) is 0 Å². The Morgan fingerprint density at radius 2 is 0.228 bits per heavy atom. The van der Waals surface area contributed by atoms with E-state index in [-0.39, 0.29) is 0 Å². The Balaban J connectivity index is 2.40. The first-order valence-electron chi connectivity index (χ1n) is 28.5. The van der Waals surface area contributed by atoms with E-state index in [0.29, 0.717) is 0 Å². The highest BCUT2D eigenvalue weighted by Gasteiger charge is 2.87. The fourth-order valence-corrected chi connectivity index (χ4v) is 8.82. The molecule has 0 aliphatic heterocycles. The maximum atomic E-state index is 14.9. The minimum absolute atomic E-state index is 0.438. The third-order valence-electron chi connectivity index (χ3n) is 15.4. The predicted octanol–water partition coefficient (Wildman–Crippen LogP) is 24.6. The molecular formula is C54H30F54O6. The summed E-state index contributed by atoms with van der Waals surface area (Å²) >= 11 is 0. The van der Waals surface area contributed by atoms with Crippen LogP contribution in [0.1, 0.15) is 38.5 Å². The van der Waals surface area contributed by atoms with Gasteiger partial charge in [-0.15, -0.1) is 0 Å². The minimum atomic E-state index is -7.91. The fraction of sp³-hybridized carbons (Fsp3) is 0.667. The molecule has 0 amide bonds. The Kier molecular flexibility index (Phi) is 26.0. The molecule has 0 saturated heterocycles. The van der Waals surface area contributed by atoms with Gasteiger partial charge in [0.25, 0.3) is 0 Å². The highest BCUT2D eigenvalue weighted by molar-refractivity contribution is 6.27. The summed E-state index contributed by atoms with van der Waals surface area (Å²) in [6.07, 6.45) is -67.0. The monoisotopic (exact) mass is 1800 g/mol. The third-order valence-corrected chi connectivity index (χ3v) is 15.4. The zero-order valence-corrected chi connectivity index (χ0v) is 52.8. The van der Waals surface area contributed by atoms with E-state index in [1.807, 2.05) is 0 Å². The van der Waals surface area contributed by atoms with E-state index in [1.54, 1.807) is 0 Å². The average Bonchev–Trinajstić information content (AvgIpc) is 0.720. The number of hydrogen-bond acceptors (Lipinski definition) is 6. The van der Waals surface area contributed by atoms with Gasteiger partial charge in [-0.05, 0) is 68.7 Å². The Labute approximate surface area is 590 Å². The number of halogens is 54. The maximum absolute atomic E-state index is 14.9. The number of alkyl halides is 54. The lowest BCUT2D eigenvalue weighted by atomic mass is 9.93. The van der Waals surface area contributed by atoms with Crippen LogP contribution in [-0.2, 0) is 0 Å². The number of rotatable bonds is 36. The highest BCUT2D eigenvalue weighted by Crippen LogP contribution is 2.62. The predicted molar refractivity (Wildman–Crippen MR) is 265 cm³/mol. The van der Waals surface area contributed by atoms with Gasteiger partial charge in [0.2, 0.25) is 0 Å². The first kappa shape index (κ1) is 99.0. The molecule has 6 nitrogen and oxygen atoms in total. The summed E-state index contributed by atoms with van der Waals surface area (Å²) in [5.41, 5.74) is 0. The van der Waals surface area contributed by atoms with Crippen molar-refractivity contribution in [2.24, 2.45) is 0 Å². The van der Waals surface area contributed by atoms with Crippen molar-refractivity contribution >= 4 is 32.3 Å². The number of hydrogen-bond donors (Lipinski definition) is 0. The summed E-state index contributed by atoms with van der Waals surface area (Å²) in [5, 5.41) is -10.2. The largest absolute Gasteiger partial charge is 0.489 e. The van der Waals surface area contributed by atoms with Gasteiger partial charge in [0.1, 0.15) is 0 Å². The molecule has 0 heterocycles. The number of benzene rings is 4. The van der Waals surface area contributed by atoms with Crippen molar-refractivity contribution in [3.8, 4) is 34.5 Å². The molecule has 0 bridgehead atoms. The Morgan fingerprint density at radius 1 is 0.140 bits per heavy atom. The molecule has 114 heavy (non-hydrogen) atoms. The molecule has 0 spiro atoms. The second kappa shape index (κ2) is 29.9. The molecule has 0 aliphatic carbocycles. The Bertz CT molecular complexity index is 3330. The normalized spacial score (nSPS) is 15.5. The van der Waals surface area contributed by atoms with Crippen LogP contribution in [0.15, 0.2) is 36.4 Å². The second-order valence-electron chi connectivity index (χ2n) is 23.2. The van der Waals surface area contributed by atoms with Gasteiger partial charge >= 0.3 is 144 Å². The fourth-order valence-electron chi connectivity index (χ4n) is 8.82. The van der Waals surface area contributed by atoms with Crippen molar-refractivity contribution in [3.63, 3.8) is 0 Å². The second-order valence-corrected chi connectivity index (χ2v) is 23.2. The molecule has 0 atom stereocenters. The molecule has 0 radical (unpaired) electrons. The Hall–Kier alpha value is -7.32. The van der Waals surface area contributed by atoms with E-state index in [9.17, 15) is 237 Å². The van der Waals surface area contributed by atoms with Gasteiger partial charge in [-0.2, -0.15) is 237 Å². The molecule has 0 saturated carbocycles. The van der Waals surface area contributed by atoms with Gasteiger partial charge in [0.15, 0.2) is 34.5 Å². The van der Waals surface area contributed by atoms with Crippen LogP contribution in [-0.4, -0.2) is 183 Å². The zero-order chi connectivity index (χ0) is 89.9. The molecule has 0 unspecified atom stereocenters. The smallest absolute Gasteiger partial charge is 0.460 e. The van der Waals surface area contributed by atoms with E-state index in [0.717, 1.165) is 0 Å². The van der Waals surface area contributed by atoms with Gasteiger partial charge in [0.05, 0.1) is 78.2 Å². The topological polar surface area (TPSA) is 55.4 Å². The van der Waals surface area contributed by atoms with Gasteiger partial charge < -0.3 is 28.4 Å². The summed E-state index contributed by atoms with van der Waals surface area (Å²) in [4.78, 5) is 0. The van der Waals surface area contributed by atoms with Crippen LogP contribution >= 0.6 is 0 Å². The third kappa shape index (κ3) is 17.1. The SMILES string of the molecule is FC(F)(F)C(F)(F)C(F)(F)C(F)(F)CCOc1cc2c3cc(OCCC(F)(F)C(F)(F)C(F)(F)C(F)(F)F)c(OCCC(F)(F)C(F)(F)C(F)(F)C(F)(F)F)cc3c3cc(OCCC(F)(F)C(F)(F)C(F)(F)C(F)(F)F)c(OCCC(F)(F)C(F)(F)C(F)(F)C(F)(F)F)cc3c2cc1OCCC(F)(F)C(F)(F)C(F)(F)C(F)(F)F. The molecule has 0 aromatic heterocycles. The van der Waals surface area contributed by atoms with Crippen molar-refractivity contribution in [3.05, 3.63) is 36.4 Å². The Morgan fingerprint density at radius 3 is 0.307 bits per heavy atom. The van der Waals surface area contributed by atoms with E-state index in [1.165, 1.54) is 0 Å². The minimum Gasteiger partial charge on any atom is -0.489 e. The first-order chi connectivity index (χ1) is 50.0. The molecular weight excluding hydrogens is 1770 g/mol. The van der Waals surface area contributed by atoms with Crippen molar-refractivity contribution in [2.75, 3.05) is 39.6 Å². The van der Waals surface area contributed by atoms with Crippen molar-refractivity contribution in [2.45, 2.75) is 182 Å². The van der Waals surface area contributed by atoms with Gasteiger partial charge in [-0.1, -0.05) is 0 Å². The van der Waals surface area contributed by atoms with Gasteiger partial charge in [-0.3, -0.25) is 0 Å². The van der Waals surface area contributed by atoms with Crippen LogP contribution in [0.25, 0.3) is 32.3 Å². The van der Waals surface area contributed by atoms with Crippen LogP contribution in [0.3, 0.4) is 0 Å². The van der Waals surface area contributed by atoms with Crippen LogP contribution in [0.5, 0.6) is 34.5 Å². The molecule has 0 N–H and O–H groups in total. The van der Waals surface area contributed by atoms with Crippen LogP contribution in [0, 0.1) is 0 Å². The summed E-state index contributed by atoms with van der Waals surface area (Å²) < 4.78 is 779. The molecule has 4 rings (SSSR count). The molecule has 0 fully saturated rings. The summed E-state index contributed by atoms with van der Waals surface area (Å²) in [7, 11) is 0. The van der Waals surface area contributed by atoms with Gasteiger partial charge in [0, 0.05) is 0 Å². The lowest BCUT2D eigenvalue weighted by molar-refractivity contribution is -0.397. The first-order valence-corrected chi connectivity index (χ1v) is 28.5. The van der Waals surface area contributed by atoms with Crippen molar-refractivity contribution in [1.29, 1.82) is 0 Å². The van der Waals surface area contributed by atoms with Crippen LogP contribution < -0.4 is 28.4 Å². The summed E-state index contributed by atoms with van der Waals surface area (Å²) in [5.74, 6) is -149. The van der Waals surface area contributed by atoms with E-state index in [2.05, 4.69) is 28.4 Å². The standard InChI is InChI=1S/C54H30F54O6/c55-31(56,37(67,68)43(79,80)49(91,92)93)1-7-109-25-13-19-20(14-26(25)110-8-2-32(57,58)38(69,70)44(81,82)50(94,95)96)22-16-28(112-10-4-34(61,62)40(73,74)46(85,86)52(100,101)102)30(114-12-6-36(65,66)42(77,78)48(89,90)54(106,107)108)18-24(22)23-17-29(113-11-5-35(63,64)41(75,76)47(87,88)53(103,104)105)27(15-21(19)23)111-9-3-33(59,60)39(71,72)45(83,84)51(97,98)99/h13-18H,1-12H2. The van der Waals surface area contributed by atoms with E-state index in [4.69, 9.17) is 0 Å². The zero-order valence-electron chi connectivity index (χ0n) is 52.8. The highest BCUT2D eigenvalue weighted by atomic mass is 19.5. The molecule has 60 heteroatoms. The average molecular weight is 1800 g/mol. The van der Waals surface area contributed by atoms with E-state index < -0.39 is 325 Å². The lowest BCUT2D eigenvalue weighted by Crippen LogP contribution is -2.61. The van der Waals surface area contributed by atoms with Crippen LogP contribution in [0.2, 0.25) is 0 Å². The van der Waals surface area contributed by atoms with Crippen LogP contribution in [0.4, 0.5) is 237 Å². The maximum Gasteiger partial charge on any atom is 0.460 e. The molecule has 660 valence electrons. The van der Waals surface area contributed by atoms with E-state index >= 15 is 0 Å².